The Hall–Kier alpha value is -2.15. The Labute approximate surface area is 239 Å². The summed E-state index contributed by atoms with van der Waals surface area (Å²) in [4.78, 5) is 26.8. The molecule has 3 fully saturated rings. The van der Waals surface area contributed by atoms with E-state index in [1.165, 1.54) is 11.8 Å². The number of nitrogens with zero attached hydrogens (tertiary/aromatic N) is 4. The monoisotopic (exact) mass is 572 g/mol. The van der Waals surface area contributed by atoms with Gasteiger partial charge in [0.05, 0.1) is 18.6 Å². The number of piperazine rings is 1. The van der Waals surface area contributed by atoms with E-state index >= 15 is 4.39 Å². The lowest BCUT2D eigenvalue weighted by molar-refractivity contribution is 0.0209. The molecule has 4 aliphatic rings. The molecule has 4 aliphatic heterocycles. The Bertz CT molecular complexity index is 1310. The van der Waals surface area contributed by atoms with E-state index in [1.807, 2.05) is 27.7 Å². The highest BCUT2D eigenvalue weighted by Crippen LogP contribution is 2.42. The SMILES string of the molecule is CCSc1nc(N2C3CCC2CN(C(=O)OC(C)(C)C)C3)c2c3c(c(B4OCC(C)(C)CO4)c(F)c2n1)COC3. The number of rotatable bonds is 4. The van der Waals surface area contributed by atoms with Crippen molar-refractivity contribution < 1.29 is 28.0 Å². The van der Waals surface area contributed by atoms with Crippen LogP contribution < -0.4 is 10.4 Å². The molecule has 2 bridgehead atoms. The van der Waals surface area contributed by atoms with Gasteiger partial charge in [-0.3, -0.25) is 0 Å². The molecule has 0 aliphatic carbocycles. The third kappa shape index (κ3) is 5.05. The molecule has 6 rings (SSSR count). The maximum absolute atomic E-state index is 16.6. The lowest BCUT2D eigenvalue weighted by Crippen LogP contribution is -2.56. The van der Waals surface area contributed by atoms with Crippen molar-refractivity contribution in [3.63, 3.8) is 0 Å². The van der Waals surface area contributed by atoms with Gasteiger partial charge in [-0.1, -0.05) is 32.5 Å². The number of anilines is 1. The molecule has 216 valence electrons. The third-order valence-electron chi connectivity index (χ3n) is 7.94. The van der Waals surface area contributed by atoms with Crippen LogP contribution in [0.1, 0.15) is 65.5 Å². The first-order valence-electron chi connectivity index (χ1n) is 14.2. The normalized spacial score (nSPS) is 24.1. The van der Waals surface area contributed by atoms with E-state index in [0.717, 1.165) is 35.5 Å². The number of fused-ring (bicyclic) bond motifs is 5. The van der Waals surface area contributed by atoms with Crippen LogP contribution in [0.2, 0.25) is 0 Å². The fraction of sp³-hybridized carbons (Fsp3) is 0.679. The second-order valence-corrected chi connectivity index (χ2v) is 14.2. The highest BCUT2D eigenvalue weighted by Gasteiger charge is 2.46. The molecule has 9 nitrogen and oxygen atoms in total. The quantitative estimate of drug-likeness (QED) is 0.303. The maximum atomic E-state index is 16.6. The fourth-order valence-corrected chi connectivity index (χ4v) is 6.79. The van der Waals surface area contributed by atoms with Crippen LogP contribution in [0, 0.1) is 11.2 Å². The molecular weight excluding hydrogens is 534 g/mol. The van der Waals surface area contributed by atoms with E-state index < -0.39 is 18.5 Å². The molecule has 5 heterocycles. The third-order valence-corrected chi connectivity index (χ3v) is 8.67. The van der Waals surface area contributed by atoms with Crippen LogP contribution >= 0.6 is 11.8 Å². The summed E-state index contributed by atoms with van der Waals surface area (Å²) in [6, 6.07) is 0.105. The first-order chi connectivity index (χ1) is 19.0. The van der Waals surface area contributed by atoms with Gasteiger partial charge in [0.1, 0.15) is 22.8 Å². The van der Waals surface area contributed by atoms with Crippen LogP contribution in [-0.2, 0) is 32.0 Å². The zero-order valence-electron chi connectivity index (χ0n) is 24.2. The lowest BCUT2D eigenvalue weighted by atomic mass is 9.71. The summed E-state index contributed by atoms with van der Waals surface area (Å²) in [5, 5.41) is 1.24. The molecule has 40 heavy (non-hydrogen) atoms. The maximum Gasteiger partial charge on any atom is 0.497 e. The highest BCUT2D eigenvalue weighted by molar-refractivity contribution is 7.99. The van der Waals surface area contributed by atoms with Gasteiger partial charge in [-0.15, -0.1) is 0 Å². The molecule has 3 saturated heterocycles. The van der Waals surface area contributed by atoms with E-state index in [4.69, 9.17) is 28.8 Å². The zero-order chi connectivity index (χ0) is 28.4. The van der Waals surface area contributed by atoms with E-state index in [1.54, 1.807) is 4.90 Å². The van der Waals surface area contributed by atoms with Gasteiger partial charge in [0.15, 0.2) is 5.16 Å². The van der Waals surface area contributed by atoms with Crippen molar-refractivity contribution in [3.05, 3.63) is 16.9 Å². The molecule has 2 unspecified atom stereocenters. The van der Waals surface area contributed by atoms with Crippen molar-refractivity contribution >= 4 is 47.2 Å². The van der Waals surface area contributed by atoms with Gasteiger partial charge in [0, 0.05) is 49.3 Å². The number of likely N-dealkylation sites (tertiary alicyclic amines) is 1. The number of carbonyl (C=O) groups is 1. The second-order valence-electron chi connectivity index (χ2n) is 13.0. The van der Waals surface area contributed by atoms with Crippen molar-refractivity contribution in [2.45, 2.75) is 90.4 Å². The van der Waals surface area contributed by atoms with Crippen LogP contribution in [0.5, 0.6) is 0 Å². The number of thioether (sulfide) groups is 1. The van der Waals surface area contributed by atoms with E-state index in [-0.39, 0.29) is 35.7 Å². The minimum absolute atomic E-state index is 0.0526. The smallest absolute Gasteiger partial charge is 0.444 e. The minimum Gasteiger partial charge on any atom is -0.444 e. The molecule has 1 aromatic heterocycles. The molecule has 12 heteroatoms. The average molecular weight is 573 g/mol. The van der Waals surface area contributed by atoms with Gasteiger partial charge in [0.2, 0.25) is 0 Å². The Morgan fingerprint density at radius 3 is 2.40 bits per heavy atom. The van der Waals surface area contributed by atoms with Gasteiger partial charge in [-0.2, -0.15) is 0 Å². The minimum atomic E-state index is -0.804. The number of aromatic nitrogens is 2. The van der Waals surface area contributed by atoms with Crippen molar-refractivity contribution in [2.24, 2.45) is 5.41 Å². The number of hydrogen-bond acceptors (Lipinski definition) is 9. The number of carbonyl (C=O) groups excluding carboxylic acids is 1. The van der Waals surface area contributed by atoms with Gasteiger partial charge in [-0.25, -0.2) is 19.2 Å². The number of halogens is 1. The topological polar surface area (TPSA) is 86.3 Å². The van der Waals surface area contributed by atoms with Gasteiger partial charge in [0.25, 0.3) is 0 Å². The van der Waals surface area contributed by atoms with Crippen molar-refractivity contribution in [1.29, 1.82) is 0 Å². The molecule has 0 radical (unpaired) electrons. The Kier molecular flexibility index (Phi) is 7.20. The lowest BCUT2D eigenvalue weighted by Gasteiger charge is -2.42. The van der Waals surface area contributed by atoms with Crippen LogP contribution in [-0.4, -0.2) is 77.8 Å². The van der Waals surface area contributed by atoms with Crippen LogP contribution in [0.3, 0.4) is 0 Å². The van der Waals surface area contributed by atoms with Crippen LogP contribution in [0.15, 0.2) is 5.16 Å². The van der Waals surface area contributed by atoms with Crippen LogP contribution in [0.4, 0.5) is 15.0 Å². The Morgan fingerprint density at radius 1 is 1.12 bits per heavy atom. The van der Waals surface area contributed by atoms with E-state index in [9.17, 15) is 4.79 Å². The molecule has 2 atom stereocenters. The summed E-state index contributed by atoms with van der Waals surface area (Å²) in [6.45, 7) is 14.5. The molecule has 0 spiro atoms. The fourth-order valence-electron chi connectivity index (χ4n) is 6.23. The molecule has 1 aromatic carbocycles. The summed E-state index contributed by atoms with van der Waals surface area (Å²) in [5.74, 6) is 1.07. The Balaban J connectivity index is 1.43. The summed E-state index contributed by atoms with van der Waals surface area (Å²) in [6.07, 6.45) is 1.55. The Morgan fingerprint density at radius 2 is 1.77 bits per heavy atom. The largest absolute Gasteiger partial charge is 0.497 e. The predicted molar refractivity (Wildman–Crippen MR) is 153 cm³/mol. The van der Waals surface area contributed by atoms with Crippen molar-refractivity contribution in [3.8, 4) is 0 Å². The van der Waals surface area contributed by atoms with Crippen molar-refractivity contribution in [2.75, 3.05) is 37.0 Å². The van der Waals surface area contributed by atoms with Crippen molar-refractivity contribution in [1.82, 2.24) is 14.9 Å². The summed E-state index contributed by atoms with van der Waals surface area (Å²) in [5.41, 5.74) is 1.66. The summed E-state index contributed by atoms with van der Waals surface area (Å²) < 4.78 is 40.3. The highest BCUT2D eigenvalue weighted by atomic mass is 32.2. The summed E-state index contributed by atoms with van der Waals surface area (Å²) in [7, 11) is -0.804. The van der Waals surface area contributed by atoms with E-state index in [2.05, 4.69) is 18.7 Å². The standard InChI is InChI=1S/C28H38BFN4O5S/c1-7-40-25-31-23-20(18-12-36-13-19(18)21(22(23)30)29-37-14-28(5,6)15-38-29)24(32-25)34-16-8-9-17(34)11-33(10-16)26(35)39-27(2,3)4/h16-17H,7-15H2,1-6H3. The average Bonchev–Trinajstić information content (AvgIpc) is 3.45. The molecule has 0 N–H and O–H groups in total. The molecule has 0 saturated carbocycles. The first kappa shape index (κ1) is 28.0. The number of hydrogen-bond donors (Lipinski definition) is 0. The van der Waals surface area contributed by atoms with Gasteiger partial charge in [-0.05, 0) is 50.5 Å². The molecule has 2 aromatic rings. The first-order valence-corrected chi connectivity index (χ1v) is 15.2. The van der Waals surface area contributed by atoms with Crippen LogP contribution in [0.25, 0.3) is 10.9 Å². The molecular formula is C28H38BFN4O5S. The predicted octanol–water partition coefficient (Wildman–Crippen LogP) is 4.27. The summed E-state index contributed by atoms with van der Waals surface area (Å²) >= 11 is 1.49. The zero-order valence-corrected chi connectivity index (χ0v) is 25.0. The second kappa shape index (κ2) is 10.3. The number of benzene rings is 1. The number of amides is 1. The number of ether oxygens (including phenoxy) is 2. The van der Waals surface area contributed by atoms with Gasteiger partial charge < -0.3 is 28.6 Å². The van der Waals surface area contributed by atoms with E-state index in [0.29, 0.717) is 48.9 Å². The van der Waals surface area contributed by atoms with Gasteiger partial charge >= 0.3 is 13.2 Å². The molecule has 1 amide bonds.